The van der Waals surface area contributed by atoms with Gasteiger partial charge in [0.05, 0.1) is 12.2 Å². The monoisotopic (exact) mass is 276 g/mol. The third kappa shape index (κ3) is 3.22. The summed E-state index contributed by atoms with van der Waals surface area (Å²) in [4.78, 5) is 2.49. The Bertz CT molecular complexity index is 439. The molecule has 1 unspecified atom stereocenters. The number of nitrogens with zero attached hydrogens (tertiary/aromatic N) is 1. The highest BCUT2D eigenvalue weighted by molar-refractivity contribution is 5.40. The van der Waals surface area contributed by atoms with Crippen LogP contribution in [0.2, 0.25) is 0 Å². The minimum absolute atomic E-state index is 0.277. The van der Waals surface area contributed by atoms with Crippen molar-refractivity contribution < 1.29 is 4.74 Å². The predicted octanol–water partition coefficient (Wildman–Crippen LogP) is 2.72. The van der Waals surface area contributed by atoms with E-state index in [4.69, 9.17) is 10.5 Å². The van der Waals surface area contributed by atoms with E-state index in [1.54, 1.807) is 0 Å². The molecule has 3 heteroatoms. The Morgan fingerprint density at radius 1 is 1.15 bits per heavy atom. The topological polar surface area (TPSA) is 38.5 Å². The number of morpholine rings is 1. The molecule has 1 aromatic rings. The first-order chi connectivity index (χ1) is 9.42. The first-order valence-corrected chi connectivity index (χ1v) is 7.59. The molecule has 0 spiro atoms. The summed E-state index contributed by atoms with van der Waals surface area (Å²) in [5.41, 5.74) is 11.5. The molecule has 0 bridgehead atoms. The Kier molecular flexibility index (Phi) is 4.84. The molecule has 1 saturated heterocycles. The zero-order valence-electron chi connectivity index (χ0n) is 13.4. The van der Waals surface area contributed by atoms with E-state index in [2.05, 4.69) is 51.7 Å². The van der Waals surface area contributed by atoms with E-state index in [-0.39, 0.29) is 12.2 Å². The molecule has 1 heterocycles. The number of rotatable bonds is 3. The average molecular weight is 276 g/mol. The lowest BCUT2D eigenvalue weighted by Crippen LogP contribution is -2.48. The summed E-state index contributed by atoms with van der Waals surface area (Å²) >= 11 is 0. The van der Waals surface area contributed by atoms with Crippen molar-refractivity contribution in [2.75, 3.05) is 19.6 Å². The molecule has 1 aliphatic heterocycles. The third-order valence-electron chi connectivity index (χ3n) is 4.18. The molecule has 2 rings (SSSR count). The van der Waals surface area contributed by atoms with Crippen LogP contribution < -0.4 is 5.73 Å². The van der Waals surface area contributed by atoms with Gasteiger partial charge in [0.1, 0.15) is 0 Å². The number of nitrogens with two attached hydrogens (primary N) is 1. The summed E-state index contributed by atoms with van der Waals surface area (Å²) in [6.45, 7) is 13.4. The molecule has 1 aromatic carbocycles. The summed E-state index contributed by atoms with van der Waals surface area (Å²) in [5.74, 6) is 0. The van der Waals surface area contributed by atoms with Crippen LogP contribution in [0.5, 0.6) is 0 Å². The summed E-state index contributed by atoms with van der Waals surface area (Å²) in [7, 11) is 0. The second-order valence-electron chi connectivity index (χ2n) is 6.28. The summed E-state index contributed by atoms with van der Waals surface area (Å²) < 4.78 is 5.84. The van der Waals surface area contributed by atoms with E-state index in [9.17, 15) is 0 Å². The average Bonchev–Trinajstić information content (AvgIpc) is 2.32. The molecule has 0 radical (unpaired) electrons. The zero-order valence-corrected chi connectivity index (χ0v) is 13.4. The van der Waals surface area contributed by atoms with Gasteiger partial charge in [-0.15, -0.1) is 0 Å². The molecule has 3 nitrogen and oxygen atoms in total. The Hall–Kier alpha value is -0.900. The third-order valence-corrected chi connectivity index (χ3v) is 4.18. The summed E-state index contributed by atoms with van der Waals surface area (Å²) in [5, 5.41) is 0. The van der Waals surface area contributed by atoms with E-state index in [0.717, 1.165) is 13.1 Å². The zero-order chi connectivity index (χ0) is 14.9. The highest BCUT2D eigenvalue weighted by Crippen LogP contribution is 2.29. The molecular formula is C17H28N2O. The van der Waals surface area contributed by atoms with Gasteiger partial charge in [-0.25, -0.2) is 0 Å². The van der Waals surface area contributed by atoms with Gasteiger partial charge in [-0.1, -0.05) is 17.7 Å². The number of hydrogen-bond acceptors (Lipinski definition) is 3. The van der Waals surface area contributed by atoms with E-state index in [1.807, 2.05) is 0 Å². The quantitative estimate of drug-likeness (QED) is 0.922. The maximum atomic E-state index is 6.12. The molecule has 0 aromatic heterocycles. The largest absolute Gasteiger partial charge is 0.373 e. The van der Waals surface area contributed by atoms with Gasteiger partial charge in [0, 0.05) is 25.7 Å². The van der Waals surface area contributed by atoms with E-state index >= 15 is 0 Å². The number of hydrogen-bond donors (Lipinski definition) is 1. The fourth-order valence-electron chi connectivity index (χ4n) is 3.64. The first kappa shape index (κ1) is 15.5. The van der Waals surface area contributed by atoms with Crippen molar-refractivity contribution in [2.45, 2.75) is 52.9 Å². The van der Waals surface area contributed by atoms with E-state index in [1.165, 1.54) is 22.3 Å². The molecule has 0 aliphatic carbocycles. The van der Waals surface area contributed by atoms with E-state index < -0.39 is 0 Å². The van der Waals surface area contributed by atoms with Crippen molar-refractivity contribution in [3.8, 4) is 0 Å². The van der Waals surface area contributed by atoms with Gasteiger partial charge in [-0.3, -0.25) is 4.90 Å². The lowest BCUT2D eigenvalue weighted by molar-refractivity contribution is -0.0800. The second kappa shape index (κ2) is 6.25. The van der Waals surface area contributed by atoms with Crippen LogP contribution in [0.1, 0.15) is 42.1 Å². The van der Waals surface area contributed by atoms with Crippen LogP contribution in [0.4, 0.5) is 0 Å². The molecule has 0 saturated carbocycles. The van der Waals surface area contributed by atoms with Crippen molar-refractivity contribution in [1.82, 2.24) is 4.90 Å². The minimum atomic E-state index is 0.277. The Balaban J connectivity index is 2.33. The molecular weight excluding hydrogens is 248 g/mol. The van der Waals surface area contributed by atoms with Crippen molar-refractivity contribution in [2.24, 2.45) is 5.73 Å². The number of ether oxygens (including phenoxy) is 1. The minimum Gasteiger partial charge on any atom is -0.373 e. The van der Waals surface area contributed by atoms with Crippen LogP contribution in [-0.2, 0) is 4.74 Å². The van der Waals surface area contributed by atoms with Gasteiger partial charge in [-0.05, 0) is 51.3 Å². The van der Waals surface area contributed by atoms with Crippen molar-refractivity contribution in [3.63, 3.8) is 0 Å². The van der Waals surface area contributed by atoms with Gasteiger partial charge in [0.2, 0.25) is 0 Å². The fraction of sp³-hybridized carbons (Fsp3) is 0.647. The fourth-order valence-corrected chi connectivity index (χ4v) is 3.64. The summed E-state index contributed by atoms with van der Waals surface area (Å²) in [6.07, 6.45) is 0.553. The van der Waals surface area contributed by atoms with Crippen molar-refractivity contribution in [3.05, 3.63) is 34.4 Å². The number of benzene rings is 1. The highest BCUT2D eigenvalue weighted by Gasteiger charge is 2.29. The Labute approximate surface area is 123 Å². The van der Waals surface area contributed by atoms with Crippen LogP contribution >= 0.6 is 0 Å². The lowest BCUT2D eigenvalue weighted by atomic mass is 9.92. The lowest BCUT2D eigenvalue weighted by Gasteiger charge is -2.41. The van der Waals surface area contributed by atoms with Gasteiger partial charge in [0.25, 0.3) is 0 Å². The highest BCUT2D eigenvalue weighted by atomic mass is 16.5. The van der Waals surface area contributed by atoms with Crippen molar-refractivity contribution in [1.29, 1.82) is 0 Å². The number of aryl methyl sites for hydroxylation is 3. The molecule has 2 N–H and O–H groups in total. The molecule has 1 fully saturated rings. The second-order valence-corrected chi connectivity index (χ2v) is 6.28. The van der Waals surface area contributed by atoms with Gasteiger partial charge in [-0.2, -0.15) is 0 Å². The van der Waals surface area contributed by atoms with Gasteiger partial charge in [0.15, 0.2) is 0 Å². The van der Waals surface area contributed by atoms with Crippen molar-refractivity contribution >= 4 is 0 Å². The molecule has 3 atom stereocenters. The SMILES string of the molecule is Cc1cc(C)c(C(CN)N2C[C@@H](C)O[C@@H](C)C2)c(C)c1. The molecule has 112 valence electrons. The van der Waals surface area contributed by atoms with E-state index in [0.29, 0.717) is 12.6 Å². The first-order valence-electron chi connectivity index (χ1n) is 7.59. The Morgan fingerprint density at radius 2 is 1.65 bits per heavy atom. The van der Waals surface area contributed by atoms with Crippen LogP contribution in [0.3, 0.4) is 0 Å². The molecule has 1 aliphatic rings. The molecule has 0 amide bonds. The van der Waals surface area contributed by atoms with Crippen LogP contribution in [0.15, 0.2) is 12.1 Å². The maximum Gasteiger partial charge on any atom is 0.0678 e. The van der Waals surface area contributed by atoms with Crippen LogP contribution in [-0.4, -0.2) is 36.7 Å². The maximum absolute atomic E-state index is 6.12. The smallest absolute Gasteiger partial charge is 0.0678 e. The van der Waals surface area contributed by atoms with Crippen LogP contribution in [0, 0.1) is 20.8 Å². The Morgan fingerprint density at radius 3 is 2.10 bits per heavy atom. The van der Waals surface area contributed by atoms with Crippen LogP contribution in [0.25, 0.3) is 0 Å². The predicted molar refractivity (Wildman–Crippen MR) is 84.0 cm³/mol. The van der Waals surface area contributed by atoms with Gasteiger partial charge < -0.3 is 10.5 Å². The summed E-state index contributed by atoms with van der Waals surface area (Å²) in [6, 6.07) is 4.82. The standard InChI is InChI=1S/C17H28N2O/c1-11-6-12(2)17(13(3)7-11)16(8-18)19-9-14(4)20-15(5)10-19/h6-7,14-16H,8-10,18H2,1-5H3/t14-,15+,16?. The molecule has 20 heavy (non-hydrogen) atoms. The van der Waals surface area contributed by atoms with Gasteiger partial charge >= 0.3 is 0 Å². The normalized spacial score (nSPS) is 25.7.